The number of amides is 1. The largest absolute Gasteiger partial charge is 0.486 e. The van der Waals surface area contributed by atoms with Crippen LogP contribution in [0.4, 0.5) is 5.69 Å². The molecule has 132 valence electrons. The zero-order valence-corrected chi connectivity index (χ0v) is 15.0. The summed E-state index contributed by atoms with van der Waals surface area (Å²) in [5.41, 5.74) is 1.80. The van der Waals surface area contributed by atoms with E-state index in [-0.39, 0.29) is 11.9 Å². The Morgan fingerprint density at radius 3 is 2.56 bits per heavy atom. The number of likely N-dealkylation sites (N-methyl/N-ethyl adjacent to an activating group) is 1. The van der Waals surface area contributed by atoms with Gasteiger partial charge in [0.1, 0.15) is 13.2 Å². The highest BCUT2D eigenvalue weighted by molar-refractivity contribution is 6.30. The van der Waals surface area contributed by atoms with Crippen molar-refractivity contribution in [1.29, 1.82) is 0 Å². The summed E-state index contributed by atoms with van der Waals surface area (Å²) < 4.78 is 11.1. The number of hydrogen-bond donors (Lipinski definition) is 1. The number of benzene rings is 2. The summed E-state index contributed by atoms with van der Waals surface area (Å²) in [6.45, 7) is 3.65. The minimum absolute atomic E-state index is 0.0673. The summed E-state index contributed by atoms with van der Waals surface area (Å²) >= 11 is 5.86. The molecule has 5 nitrogen and oxygen atoms in total. The Morgan fingerprint density at radius 1 is 1.16 bits per heavy atom. The molecular weight excluding hydrogens is 340 g/mol. The van der Waals surface area contributed by atoms with E-state index in [1.807, 2.05) is 37.1 Å². The Labute approximate surface area is 152 Å². The monoisotopic (exact) mass is 360 g/mol. The minimum Gasteiger partial charge on any atom is -0.486 e. The number of rotatable bonds is 5. The summed E-state index contributed by atoms with van der Waals surface area (Å²) in [5.74, 6) is 1.46. The van der Waals surface area contributed by atoms with Gasteiger partial charge < -0.3 is 14.8 Å². The molecule has 0 fully saturated rings. The first kappa shape index (κ1) is 17.6. The molecule has 0 saturated carbocycles. The van der Waals surface area contributed by atoms with E-state index >= 15 is 0 Å². The standard InChI is InChI=1S/C19H21ClN2O3/c1-13(19(23)21-16-6-4-15(20)5-7-16)22(2)12-14-3-8-17-18(11-14)25-10-9-24-17/h3-8,11,13H,9-10,12H2,1-2H3,(H,21,23)/t13-/m1/s1. The second kappa shape index (κ2) is 7.76. The molecule has 1 heterocycles. The van der Waals surface area contributed by atoms with E-state index in [4.69, 9.17) is 21.1 Å². The van der Waals surface area contributed by atoms with Gasteiger partial charge >= 0.3 is 0 Å². The summed E-state index contributed by atoms with van der Waals surface area (Å²) in [5, 5.41) is 3.54. The first-order chi connectivity index (χ1) is 12.0. The molecule has 0 unspecified atom stereocenters. The quantitative estimate of drug-likeness (QED) is 0.885. The molecule has 1 atom stereocenters. The highest BCUT2D eigenvalue weighted by atomic mass is 35.5. The van der Waals surface area contributed by atoms with Crippen molar-refractivity contribution in [3.63, 3.8) is 0 Å². The van der Waals surface area contributed by atoms with Crippen LogP contribution in [0.1, 0.15) is 12.5 Å². The van der Waals surface area contributed by atoms with Crippen LogP contribution in [0.5, 0.6) is 11.5 Å². The van der Waals surface area contributed by atoms with Gasteiger partial charge in [-0.1, -0.05) is 17.7 Å². The summed E-state index contributed by atoms with van der Waals surface area (Å²) in [6.07, 6.45) is 0. The maximum Gasteiger partial charge on any atom is 0.241 e. The Bertz CT molecular complexity index is 749. The Morgan fingerprint density at radius 2 is 1.84 bits per heavy atom. The molecule has 0 spiro atoms. The van der Waals surface area contributed by atoms with Gasteiger partial charge in [0.05, 0.1) is 6.04 Å². The van der Waals surface area contributed by atoms with Crippen molar-refractivity contribution in [2.45, 2.75) is 19.5 Å². The van der Waals surface area contributed by atoms with Gasteiger partial charge in [0.2, 0.25) is 5.91 Å². The van der Waals surface area contributed by atoms with E-state index in [0.717, 1.165) is 22.7 Å². The number of ether oxygens (including phenoxy) is 2. The third-order valence-corrected chi connectivity index (χ3v) is 4.44. The molecule has 0 aromatic heterocycles. The third-order valence-electron chi connectivity index (χ3n) is 4.19. The van der Waals surface area contributed by atoms with Gasteiger partial charge in [-0.25, -0.2) is 0 Å². The van der Waals surface area contributed by atoms with Crippen molar-refractivity contribution in [1.82, 2.24) is 4.90 Å². The van der Waals surface area contributed by atoms with Crippen LogP contribution in [0.15, 0.2) is 42.5 Å². The zero-order valence-electron chi connectivity index (χ0n) is 14.3. The molecule has 0 radical (unpaired) electrons. The molecule has 0 bridgehead atoms. The van der Waals surface area contributed by atoms with Crippen LogP contribution >= 0.6 is 11.6 Å². The number of carbonyl (C=O) groups excluding carboxylic acids is 1. The number of anilines is 1. The lowest BCUT2D eigenvalue weighted by atomic mass is 10.1. The molecule has 0 saturated heterocycles. The van der Waals surface area contributed by atoms with E-state index < -0.39 is 0 Å². The number of hydrogen-bond acceptors (Lipinski definition) is 4. The molecule has 2 aromatic carbocycles. The van der Waals surface area contributed by atoms with E-state index in [1.165, 1.54) is 0 Å². The molecule has 0 aliphatic carbocycles. The van der Waals surface area contributed by atoms with Crippen LogP contribution in [0.2, 0.25) is 5.02 Å². The average Bonchev–Trinajstić information content (AvgIpc) is 2.62. The maximum atomic E-state index is 12.4. The van der Waals surface area contributed by atoms with E-state index in [0.29, 0.717) is 24.8 Å². The fraction of sp³-hybridized carbons (Fsp3) is 0.316. The fourth-order valence-corrected chi connectivity index (χ4v) is 2.72. The van der Waals surface area contributed by atoms with Crippen LogP contribution in [0.25, 0.3) is 0 Å². The van der Waals surface area contributed by atoms with Crippen LogP contribution in [-0.4, -0.2) is 37.1 Å². The number of carbonyl (C=O) groups is 1. The van der Waals surface area contributed by atoms with Crippen LogP contribution in [0.3, 0.4) is 0 Å². The van der Waals surface area contributed by atoms with Crippen molar-refractivity contribution in [3.8, 4) is 11.5 Å². The summed E-state index contributed by atoms with van der Waals surface area (Å²) in [4.78, 5) is 14.4. The smallest absolute Gasteiger partial charge is 0.241 e. The lowest BCUT2D eigenvalue weighted by molar-refractivity contribution is -0.120. The van der Waals surface area contributed by atoms with E-state index in [1.54, 1.807) is 24.3 Å². The van der Waals surface area contributed by atoms with Gasteiger partial charge in [0, 0.05) is 17.3 Å². The van der Waals surface area contributed by atoms with Crippen LogP contribution < -0.4 is 14.8 Å². The van der Waals surface area contributed by atoms with Crippen molar-refractivity contribution >= 4 is 23.2 Å². The van der Waals surface area contributed by atoms with Gasteiger partial charge in [-0.3, -0.25) is 9.69 Å². The molecular formula is C19H21ClN2O3. The predicted octanol–water partition coefficient (Wildman–Crippen LogP) is 3.57. The van der Waals surface area contributed by atoms with Crippen LogP contribution in [-0.2, 0) is 11.3 Å². The Hall–Kier alpha value is -2.24. The first-order valence-corrected chi connectivity index (χ1v) is 8.56. The van der Waals surface area contributed by atoms with Gasteiger partial charge in [-0.2, -0.15) is 0 Å². The number of halogens is 1. The SMILES string of the molecule is C[C@H](C(=O)Nc1ccc(Cl)cc1)N(C)Cc1ccc2c(c1)OCCO2. The van der Waals surface area contributed by atoms with Gasteiger partial charge in [0.25, 0.3) is 0 Å². The highest BCUT2D eigenvalue weighted by Gasteiger charge is 2.19. The normalized spacial score (nSPS) is 14.2. The Kier molecular flexibility index (Phi) is 5.46. The molecule has 2 aromatic rings. The second-order valence-electron chi connectivity index (χ2n) is 6.07. The minimum atomic E-state index is -0.288. The molecule has 1 amide bonds. The Balaban J connectivity index is 1.60. The summed E-state index contributed by atoms with van der Waals surface area (Å²) in [7, 11) is 1.92. The van der Waals surface area contributed by atoms with Crippen molar-refractivity contribution < 1.29 is 14.3 Å². The third kappa shape index (κ3) is 4.44. The molecule has 3 rings (SSSR count). The second-order valence-corrected chi connectivity index (χ2v) is 6.50. The number of nitrogens with zero attached hydrogens (tertiary/aromatic N) is 1. The molecule has 1 aliphatic rings. The van der Waals surface area contributed by atoms with Gasteiger partial charge in [-0.05, 0) is 55.9 Å². The topological polar surface area (TPSA) is 50.8 Å². The van der Waals surface area contributed by atoms with E-state index in [2.05, 4.69) is 5.32 Å². The van der Waals surface area contributed by atoms with E-state index in [9.17, 15) is 4.79 Å². The van der Waals surface area contributed by atoms with Crippen molar-refractivity contribution in [2.24, 2.45) is 0 Å². The first-order valence-electron chi connectivity index (χ1n) is 8.18. The maximum absolute atomic E-state index is 12.4. The fourth-order valence-electron chi connectivity index (χ4n) is 2.59. The molecule has 1 aliphatic heterocycles. The molecule has 6 heteroatoms. The molecule has 25 heavy (non-hydrogen) atoms. The number of fused-ring (bicyclic) bond motifs is 1. The zero-order chi connectivity index (χ0) is 17.8. The van der Waals surface area contributed by atoms with Gasteiger partial charge in [0.15, 0.2) is 11.5 Å². The van der Waals surface area contributed by atoms with Crippen molar-refractivity contribution in [3.05, 3.63) is 53.1 Å². The lowest BCUT2D eigenvalue weighted by Gasteiger charge is -2.25. The summed E-state index contributed by atoms with van der Waals surface area (Å²) in [6, 6.07) is 12.7. The highest BCUT2D eigenvalue weighted by Crippen LogP contribution is 2.31. The van der Waals surface area contributed by atoms with Crippen molar-refractivity contribution in [2.75, 3.05) is 25.6 Å². The number of nitrogens with one attached hydrogen (secondary N) is 1. The molecule has 1 N–H and O–H groups in total. The lowest BCUT2D eigenvalue weighted by Crippen LogP contribution is -2.39. The predicted molar refractivity (Wildman–Crippen MR) is 98.4 cm³/mol. The van der Waals surface area contributed by atoms with Gasteiger partial charge in [-0.15, -0.1) is 0 Å². The van der Waals surface area contributed by atoms with Crippen LogP contribution in [0, 0.1) is 0 Å². The average molecular weight is 361 g/mol.